The van der Waals surface area contributed by atoms with Gasteiger partial charge in [-0.2, -0.15) is 0 Å². The van der Waals surface area contributed by atoms with E-state index in [0.29, 0.717) is 25.0 Å². The molecule has 0 unspecified atom stereocenters. The Morgan fingerprint density at radius 3 is 2.73 bits per heavy atom. The van der Waals surface area contributed by atoms with Crippen molar-refractivity contribution >= 4 is 11.6 Å². The van der Waals surface area contributed by atoms with Crippen molar-refractivity contribution in [1.29, 1.82) is 0 Å². The SMILES string of the molecule is CO[C@@H]1C[C@@H](c2nnc3cnccn23)N(C(=O)Cc2ccc(-n3cnnc3)cc2)C1. The summed E-state index contributed by atoms with van der Waals surface area (Å²) in [5, 5.41) is 16.1. The number of methoxy groups -OCH3 is 1. The van der Waals surface area contributed by atoms with Crippen molar-refractivity contribution in [2.24, 2.45) is 0 Å². The summed E-state index contributed by atoms with van der Waals surface area (Å²) in [4.78, 5) is 19.1. The second kappa shape index (κ2) is 7.64. The van der Waals surface area contributed by atoms with Gasteiger partial charge in [0.15, 0.2) is 11.5 Å². The van der Waals surface area contributed by atoms with E-state index in [9.17, 15) is 4.79 Å². The van der Waals surface area contributed by atoms with Gasteiger partial charge in [0.2, 0.25) is 5.91 Å². The highest BCUT2D eigenvalue weighted by Gasteiger charge is 2.38. The summed E-state index contributed by atoms with van der Waals surface area (Å²) in [7, 11) is 1.67. The molecule has 0 spiro atoms. The third kappa shape index (κ3) is 3.30. The lowest BCUT2D eigenvalue weighted by Crippen LogP contribution is -2.34. The van der Waals surface area contributed by atoms with Gasteiger partial charge in [0.25, 0.3) is 0 Å². The lowest BCUT2D eigenvalue weighted by Gasteiger charge is -2.23. The van der Waals surface area contributed by atoms with E-state index in [1.807, 2.05) is 44.3 Å². The summed E-state index contributed by atoms with van der Waals surface area (Å²) in [5.41, 5.74) is 2.54. The Bertz CT molecular complexity index is 1160. The number of hydrogen-bond acceptors (Lipinski definition) is 7. The number of hydrogen-bond donors (Lipinski definition) is 0. The van der Waals surface area contributed by atoms with Crippen LogP contribution in [0.5, 0.6) is 0 Å². The highest BCUT2D eigenvalue weighted by atomic mass is 16.5. The first-order valence-corrected chi connectivity index (χ1v) is 9.64. The van der Waals surface area contributed by atoms with E-state index in [4.69, 9.17) is 4.74 Å². The second-order valence-electron chi connectivity index (χ2n) is 7.23. The standard InChI is InChI=1S/C20H20N8O2/c1-30-16-9-17(20-25-24-18-10-21-6-7-27(18)20)28(11-16)19(29)8-14-2-4-15(5-3-14)26-12-22-23-13-26/h2-7,10,12-13,16-17H,8-9,11H2,1H3/t16-,17+/m1/s1. The fraction of sp³-hybridized carbons (Fsp3) is 0.300. The van der Waals surface area contributed by atoms with Crippen LogP contribution in [-0.4, -0.2) is 64.9 Å². The molecule has 1 aliphatic rings. The first-order chi connectivity index (χ1) is 14.7. The highest BCUT2D eigenvalue weighted by Crippen LogP contribution is 2.33. The normalized spacial score (nSPS) is 18.9. The molecule has 1 amide bonds. The Morgan fingerprint density at radius 1 is 1.17 bits per heavy atom. The van der Waals surface area contributed by atoms with Gasteiger partial charge in [-0.1, -0.05) is 12.1 Å². The number of carbonyl (C=O) groups is 1. The zero-order valence-corrected chi connectivity index (χ0v) is 16.4. The van der Waals surface area contributed by atoms with Crippen molar-refractivity contribution in [2.45, 2.75) is 25.0 Å². The lowest BCUT2D eigenvalue weighted by molar-refractivity contribution is -0.131. The molecular weight excluding hydrogens is 384 g/mol. The lowest BCUT2D eigenvalue weighted by atomic mass is 10.1. The summed E-state index contributed by atoms with van der Waals surface area (Å²) in [6.07, 6.45) is 9.37. The maximum atomic E-state index is 13.2. The minimum Gasteiger partial charge on any atom is -0.380 e. The average Bonchev–Trinajstić information content (AvgIpc) is 3.52. The van der Waals surface area contributed by atoms with Crippen molar-refractivity contribution in [3.05, 3.63) is 66.9 Å². The van der Waals surface area contributed by atoms with Gasteiger partial charge in [0.05, 0.1) is 24.8 Å². The van der Waals surface area contributed by atoms with Gasteiger partial charge in [-0.05, 0) is 17.7 Å². The van der Waals surface area contributed by atoms with Gasteiger partial charge in [0, 0.05) is 38.2 Å². The Morgan fingerprint density at radius 2 is 1.97 bits per heavy atom. The fourth-order valence-electron chi connectivity index (χ4n) is 3.88. The zero-order valence-electron chi connectivity index (χ0n) is 16.4. The van der Waals surface area contributed by atoms with Crippen LogP contribution in [0.25, 0.3) is 11.3 Å². The van der Waals surface area contributed by atoms with Crippen molar-refractivity contribution in [3.63, 3.8) is 0 Å². The zero-order chi connectivity index (χ0) is 20.5. The maximum absolute atomic E-state index is 13.2. The van der Waals surface area contributed by atoms with Crippen LogP contribution in [0, 0.1) is 0 Å². The topological polar surface area (TPSA) is 103 Å². The van der Waals surface area contributed by atoms with E-state index in [1.165, 1.54) is 0 Å². The number of aromatic nitrogens is 7. The van der Waals surface area contributed by atoms with Crippen LogP contribution in [0.15, 0.2) is 55.5 Å². The highest BCUT2D eigenvalue weighted by molar-refractivity contribution is 5.79. The van der Waals surface area contributed by atoms with Crippen LogP contribution in [0.4, 0.5) is 0 Å². The monoisotopic (exact) mass is 404 g/mol. The molecule has 1 saturated heterocycles. The summed E-state index contributed by atoms with van der Waals surface area (Å²) >= 11 is 0. The summed E-state index contributed by atoms with van der Waals surface area (Å²) in [6.45, 7) is 0.527. The van der Waals surface area contributed by atoms with E-state index in [0.717, 1.165) is 17.1 Å². The molecule has 1 fully saturated rings. The molecule has 0 aliphatic carbocycles. The molecule has 0 radical (unpaired) electrons. The predicted octanol–water partition coefficient (Wildman–Crippen LogP) is 1.24. The Hall–Kier alpha value is -3.66. The molecule has 1 aromatic carbocycles. The van der Waals surface area contributed by atoms with Gasteiger partial charge < -0.3 is 9.64 Å². The van der Waals surface area contributed by atoms with Crippen LogP contribution < -0.4 is 0 Å². The van der Waals surface area contributed by atoms with E-state index in [-0.39, 0.29) is 18.1 Å². The molecule has 152 valence electrons. The molecule has 10 heteroatoms. The Labute approximate surface area is 172 Å². The maximum Gasteiger partial charge on any atom is 0.227 e. The first-order valence-electron chi connectivity index (χ1n) is 9.64. The minimum absolute atomic E-state index is 0.0300. The molecule has 30 heavy (non-hydrogen) atoms. The van der Waals surface area contributed by atoms with E-state index >= 15 is 0 Å². The van der Waals surface area contributed by atoms with E-state index in [2.05, 4.69) is 25.4 Å². The third-order valence-electron chi connectivity index (χ3n) is 5.46. The molecule has 5 rings (SSSR count). The molecule has 3 aromatic heterocycles. The van der Waals surface area contributed by atoms with Crippen molar-refractivity contribution in [2.75, 3.05) is 13.7 Å². The third-order valence-corrected chi connectivity index (χ3v) is 5.46. The van der Waals surface area contributed by atoms with Gasteiger partial charge in [-0.3, -0.25) is 18.7 Å². The molecule has 4 aromatic rings. The Balaban J connectivity index is 1.38. The largest absolute Gasteiger partial charge is 0.380 e. The minimum atomic E-state index is -0.198. The van der Waals surface area contributed by atoms with Gasteiger partial charge in [-0.25, -0.2) is 0 Å². The number of rotatable bonds is 5. The number of nitrogens with zero attached hydrogens (tertiary/aromatic N) is 8. The average molecular weight is 404 g/mol. The van der Waals surface area contributed by atoms with Crippen LogP contribution in [-0.2, 0) is 16.0 Å². The summed E-state index contributed by atoms with van der Waals surface area (Å²) in [6, 6.07) is 7.60. The second-order valence-corrected chi connectivity index (χ2v) is 7.23. The molecule has 0 N–H and O–H groups in total. The number of likely N-dealkylation sites (tertiary alicyclic amines) is 1. The molecule has 2 atom stereocenters. The first kappa shape index (κ1) is 18.4. The quantitative estimate of drug-likeness (QED) is 0.493. The molecule has 1 aliphatic heterocycles. The number of ether oxygens (including phenoxy) is 1. The van der Waals surface area contributed by atoms with Crippen LogP contribution >= 0.6 is 0 Å². The predicted molar refractivity (Wildman–Crippen MR) is 106 cm³/mol. The molecule has 10 nitrogen and oxygen atoms in total. The number of fused-ring (bicyclic) bond motifs is 1. The van der Waals surface area contributed by atoms with Crippen molar-refractivity contribution in [3.8, 4) is 5.69 Å². The number of benzene rings is 1. The van der Waals surface area contributed by atoms with Crippen LogP contribution in [0.2, 0.25) is 0 Å². The summed E-state index contributed by atoms with van der Waals surface area (Å²) < 4.78 is 9.26. The Kier molecular flexibility index (Phi) is 4.68. The summed E-state index contributed by atoms with van der Waals surface area (Å²) in [5.74, 6) is 0.755. The molecule has 4 heterocycles. The molecule has 0 bridgehead atoms. The smallest absolute Gasteiger partial charge is 0.227 e. The fourth-order valence-corrected chi connectivity index (χ4v) is 3.88. The number of amides is 1. The van der Waals surface area contributed by atoms with Gasteiger partial charge in [0.1, 0.15) is 12.7 Å². The van der Waals surface area contributed by atoms with Crippen molar-refractivity contribution < 1.29 is 9.53 Å². The molecular formula is C20H20N8O2. The van der Waals surface area contributed by atoms with Crippen LogP contribution in [0.1, 0.15) is 23.9 Å². The van der Waals surface area contributed by atoms with Gasteiger partial charge in [-0.15, -0.1) is 20.4 Å². The number of carbonyl (C=O) groups excluding carboxylic acids is 1. The van der Waals surface area contributed by atoms with Crippen LogP contribution in [0.3, 0.4) is 0 Å². The van der Waals surface area contributed by atoms with E-state index in [1.54, 1.807) is 32.2 Å². The van der Waals surface area contributed by atoms with E-state index < -0.39 is 0 Å². The van der Waals surface area contributed by atoms with Gasteiger partial charge >= 0.3 is 0 Å². The molecule has 0 saturated carbocycles. The van der Waals surface area contributed by atoms with Crippen molar-refractivity contribution in [1.82, 2.24) is 39.2 Å².